The zero-order chi connectivity index (χ0) is 18.4. The Morgan fingerprint density at radius 2 is 1.92 bits per heavy atom. The van der Waals surface area contributed by atoms with Crippen molar-refractivity contribution in [2.24, 2.45) is 0 Å². The average molecular weight is 361 g/mol. The second-order valence-electron chi connectivity index (χ2n) is 5.32. The summed E-state index contributed by atoms with van der Waals surface area (Å²) >= 11 is 0.820. The maximum atomic E-state index is 13.5. The second kappa shape index (κ2) is 5.86. The lowest BCUT2D eigenvalue weighted by molar-refractivity contribution is -0.136. The first-order valence-corrected chi connectivity index (χ1v) is 7.85. The highest BCUT2D eigenvalue weighted by atomic mass is 32.1. The molecule has 2 N–H and O–H groups in total. The van der Waals surface area contributed by atoms with Gasteiger partial charge >= 0.3 is 6.18 Å². The van der Waals surface area contributed by atoms with Crippen molar-refractivity contribution in [1.82, 2.24) is 4.98 Å². The average Bonchev–Trinajstić information content (AvgIpc) is 2.89. The lowest BCUT2D eigenvalue weighted by Crippen LogP contribution is -2.07. The predicted octanol–water partition coefficient (Wildman–Crippen LogP) is 4.64. The molecule has 0 aliphatic rings. The van der Waals surface area contributed by atoms with Crippen molar-refractivity contribution < 1.29 is 18.0 Å². The number of pyridine rings is 1. The highest BCUT2D eigenvalue weighted by Gasteiger charge is 2.35. The molecular weight excluding hydrogens is 351 g/mol. The van der Waals surface area contributed by atoms with Gasteiger partial charge in [0.25, 0.3) is 0 Å². The molecule has 0 radical (unpaired) electrons. The first-order chi connectivity index (χ1) is 11.7. The third-order valence-electron chi connectivity index (χ3n) is 3.69. The van der Waals surface area contributed by atoms with E-state index in [2.05, 4.69) is 4.98 Å². The Bertz CT molecular complexity index is 1030. The number of Topliss-reactive ketones (excluding diaryl/α,β-unsaturated/α-hetero) is 1. The SMILES string of the molecule is CC(=O)c1ccc(-c2cc(C(F)(F)F)c3c(N)c(C#N)sc3n2)cc1. The van der Waals surface area contributed by atoms with Gasteiger partial charge in [-0.25, -0.2) is 4.98 Å². The van der Waals surface area contributed by atoms with Crippen molar-refractivity contribution in [3.63, 3.8) is 0 Å². The predicted molar refractivity (Wildman–Crippen MR) is 89.2 cm³/mol. The van der Waals surface area contributed by atoms with Crippen LogP contribution >= 0.6 is 11.3 Å². The second-order valence-corrected chi connectivity index (χ2v) is 6.32. The number of rotatable bonds is 2. The van der Waals surface area contributed by atoms with Gasteiger partial charge in [0.1, 0.15) is 15.8 Å². The molecule has 0 spiro atoms. The third-order valence-corrected chi connectivity index (χ3v) is 4.70. The smallest absolute Gasteiger partial charge is 0.396 e. The first kappa shape index (κ1) is 16.9. The molecule has 126 valence electrons. The molecule has 0 amide bonds. The molecule has 8 heteroatoms. The van der Waals surface area contributed by atoms with Crippen LogP contribution in [0.1, 0.15) is 27.7 Å². The van der Waals surface area contributed by atoms with Gasteiger partial charge in [0.2, 0.25) is 0 Å². The Balaban J connectivity index is 2.27. The van der Waals surface area contributed by atoms with Crippen molar-refractivity contribution in [2.45, 2.75) is 13.1 Å². The summed E-state index contributed by atoms with van der Waals surface area (Å²) in [5, 5.41) is 8.77. The fourth-order valence-electron chi connectivity index (χ4n) is 2.45. The summed E-state index contributed by atoms with van der Waals surface area (Å²) < 4.78 is 40.4. The van der Waals surface area contributed by atoms with E-state index in [4.69, 9.17) is 11.0 Å². The van der Waals surface area contributed by atoms with E-state index in [1.54, 1.807) is 6.07 Å². The van der Waals surface area contributed by atoms with E-state index in [0.717, 1.165) is 17.4 Å². The van der Waals surface area contributed by atoms with Gasteiger partial charge in [-0.1, -0.05) is 24.3 Å². The van der Waals surface area contributed by atoms with Gasteiger partial charge in [-0.2, -0.15) is 18.4 Å². The molecule has 3 aromatic rings. The molecule has 0 aliphatic heterocycles. The Morgan fingerprint density at radius 3 is 2.44 bits per heavy atom. The van der Waals surface area contributed by atoms with Crippen molar-refractivity contribution in [3.05, 3.63) is 46.3 Å². The van der Waals surface area contributed by atoms with E-state index in [9.17, 15) is 18.0 Å². The zero-order valence-electron chi connectivity index (χ0n) is 12.8. The monoisotopic (exact) mass is 361 g/mol. The Morgan fingerprint density at radius 1 is 1.28 bits per heavy atom. The number of carbonyl (C=O) groups excluding carboxylic acids is 1. The number of anilines is 1. The van der Waals surface area contributed by atoms with E-state index >= 15 is 0 Å². The van der Waals surface area contributed by atoms with Crippen LogP contribution in [-0.2, 0) is 6.18 Å². The molecule has 0 saturated carbocycles. The number of hydrogen-bond acceptors (Lipinski definition) is 5. The lowest BCUT2D eigenvalue weighted by atomic mass is 10.0. The topological polar surface area (TPSA) is 79.8 Å². The number of hydrogen-bond donors (Lipinski definition) is 1. The number of carbonyl (C=O) groups is 1. The van der Waals surface area contributed by atoms with E-state index in [0.29, 0.717) is 11.1 Å². The molecule has 0 atom stereocenters. The Hall–Kier alpha value is -2.92. The minimum atomic E-state index is -4.64. The number of nitrogens with two attached hydrogens (primary N) is 1. The molecule has 1 aromatic carbocycles. The molecule has 2 aromatic heterocycles. The van der Waals surface area contributed by atoms with Gasteiger partial charge < -0.3 is 5.73 Å². The van der Waals surface area contributed by atoms with Crippen LogP contribution in [0.4, 0.5) is 18.9 Å². The normalized spacial score (nSPS) is 11.5. The number of alkyl halides is 3. The number of ketones is 1. The summed E-state index contributed by atoms with van der Waals surface area (Å²) in [4.78, 5) is 15.6. The number of nitrogens with zero attached hydrogens (tertiary/aromatic N) is 2. The van der Waals surface area contributed by atoms with Gasteiger partial charge in [-0.3, -0.25) is 4.79 Å². The minimum absolute atomic E-state index is 0.00271. The number of benzene rings is 1. The molecule has 3 rings (SSSR count). The fraction of sp³-hybridized carbons (Fsp3) is 0.118. The summed E-state index contributed by atoms with van der Waals surface area (Å²) in [6.45, 7) is 1.40. The number of nitrogen functional groups attached to an aromatic ring is 1. The first-order valence-electron chi connectivity index (χ1n) is 7.04. The van der Waals surface area contributed by atoms with E-state index in [-0.39, 0.29) is 32.3 Å². The van der Waals surface area contributed by atoms with Crippen LogP contribution in [0.5, 0.6) is 0 Å². The van der Waals surface area contributed by atoms with Gasteiger partial charge in [0.15, 0.2) is 5.78 Å². The summed E-state index contributed by atoms with van der Waals surface area (Å²) in [5.41, 5.74) is 5.54. The maximum absolute atomic E-state index is 13.5. The zero-order valence-corrected chi connectivity index (χ0v) is 13.6. The van der Waals surface area contributed by atoms with Gasteiger partial charge in [0.05, 0.1) is 16.9 Å². The van der Waals surface area contributed by atoms with Crippen molar-refractivity contribution in [1.29, 1.82) is 5.26 Å². The number of thiophene rings is 1. The van der Waals surface area contributed by atoms with Crippen LogP contribution in [0.2, 0.25) is 0 Å². The molecule has 4 nitrogen and oxygen atoms in total. The van der Waals surface area contributed by atoms with Gasteiger partial charge in [0, 0.05) is 16.5 Å². The minimum Gasteiger partial charge on any atom is -0.396 e. The van der Waals surface area contributed by atoms with Crippen LogP contribution in [0.3, 0.4) is 0 Å². The fourth-order valence-corrected chi connectivity index (χ4v) is 3.37. The number of halogens is 3. The summed E-state index contributed by atoms with van der Waals surface area (Å²) in [7, 11) is 0. The van der Waals surface area contributed by atoms with E-state index in [1.807, 2.05) is 0 Å². The lowest BCUT2D eigenvalue weighted by Gasteiger charge is -2.11. The van der Waals surface area contributed by atoms with Gasteiger partial charge in [-0.15, -0.1) is 11.3 Å². The molecule has 25 heavy (non-hydrogen) atoms. The van der Waals surface area contributed by atoms with Crippen LogP contribution in [0.15, 0.2) is 30.3 Å². The number of nitriles is 1. The summed E-state index contributed by atoms with van der Waals surface area (Å²) in [6.07, 6.45) is -4.64. The highest BCUT2D eigenvalue weighted by Crippen LogP contribution is 2.43. The molecular formula is C17H10F3N3OS. The van der Waals surface area contributed by atoms with Crippen LogP contribution in [0, 0.1) is 11.3 Å². The van der Waals surface area contributed by atoms with Crippen molar-refractivity contribution >= 4 is 33.0 Å². The molecule has 0 bridgehead atoms. The van der Waals surface area contributed by atoms with Crippen molar-refractivity contribution in [2.75, 3.05) is 5.73 Å². The van der Waals surface area contributed by atoms with Gasteiger partial charge in [-0.05, 0) is 13.0 Å². The maximum Gasteiger partial charge on any atom is 0.417 e. The van der Waals surface area contributed by atoms with Crippen molar-refractivity contribution in [3.8, 4) is 17.3 Å². The molecule has 0 aliphatic carbocycles. The molecule has 2 heterocycles. The van der Waals surface area contributed by atoms with E-state index in [1.165, 1.54) is 31.2 Å². The largest absolute Gasteiger partial charge is 0.417 e. The number of aromatic nitrogens is 1. The van der Waals surface area contributed by atoms with Crippen LogP contribution < -0.4 is 5.73 Å². The highest BCUT2D eigenvalue weighted by molar-refractivity contribution is 7.19. The quantitative estimate of drug-likeness (QED) is 0.675. The summed E-state index contributed by atoms with van der Waals surface area (Å²) in [5.74, 6) is -0.143. The standard InChI is InChI=1S/C17H10F3N3OS/c1-8(24)9-2-4-10(5-3-9)12-6-11(17(18,19)20)14-15(22)13(7-21)25-16(14)23-12/h2-6H,22H2,1H3. The third kappa shape index (κ3) is 2.94. The molecule has 0 fully saturated rings. The number of fused-ring (bicyclic) bond motifs is 1. The van der Waals surface area contributed by atoms with Crippen LogP contribution in [-0.4, -0.2) is 10.8 Å². The molecule has 0 unspecified atom stereocenters. The molecule has 0 saturated heterocycles. The van der Waals surface area contributed by atoms with E-state index < -0.39 is 11.7 Å². The summed E-state index contributed by atoms with van der Waals surface area (Å²) in [6, 6.07) is 8.83. The van der Waals surface area contributed by atoms with Crippen LogP contribution in [0.25, 0.3) is 21.5 Å². The Kier molecular flexibility index (Phi) is 3.97. The Labute approximate surface area is 144 Å².